The average Bonchev–Trinajstić information content (AvgIpc) is 3.50. The van der Waals surface area contributed by atoms with Gasteiger partial charge in [-0.1, -0.05) is 85.0 Å². The van der Waals surface area contributed by atoms with Crippen molar-refractivity contribution in [2.45, 2.75) is 175 Å². The van der Waals surface area contributed by atoms with Crippen molar-refractivity contribution < 1.29 is 102 Å². The Labute approximate surface area is 480 Å². The van der Waals surface area contributed by atoms with E-state index in [4.69, 9.17) is 37.9 Å². The van der Waals surface area contributed by atoms with Crippen molar-refractivity contribution in [1.82, 2.24) is 30.0 Å². The molecule has 456 valence electrons. The van der Waals surface area contributed by atoms with Crippen LogP contribution in [0, 0.1) is 23.5 Å². The highest BCUT2D eigenvalue weighted by molar-refractivity contribution is 5.89. The van der Waals surface area contributed by atoms with Gasteiger partial charge in [0.2, 0.25) is 0 Å². The van der Waals surface area contributed by atoms with E-state index in [9.17, 15) is 64.3 Å². The van der Waals surface area contributed by atoms with Crippen molar-refractivity contribution in [1.29, 1.82) is 0 Å². The SMILES string of the molecule is CC1O[C@@H](OC2C(n3cc(-c4cccc(F)c4)nn3)CC(CO[C@H]3OC(CO)[C@@H](O)C(n4cc(-c5cccc(F)c5)nn4)C3O)C[C@H]2O[C@@H]2OC(CO)[C@H](O)C(O[C@@H](CC3CCCCC3)C(=O)O)C2OC(=O)c2ccccc2)C(O)C(O)[C@@H]1O. The lowest BCUT2D eigenvalue weighted by Gasteiger charge is -2.49. The van der Waals surface area contributed by atoms with Gasteiger partial charge in [0.05, 0.1) is 56.0 Å². The Kier molecular flexibility index (Phi) is 19.9. The topological polar surface area (TPSA) is 351 Å². The zero-order chi connectivity index (χ0) is 59.3. The number of esters is 1. The molecule has 25 nitrogen and oxygen atoms in total. The van der Waals surface area contributed by atoms with Crippen molar-refractivity contribution in [3.05, 3.63) is 108 Å². The first-order valence-corrected chi connectivity index (χ1v) is 28.2. The van der Waals surface area contributed by atoms with Crippen LogP contribution in [0.3, 0.4) is 0 Å². The summed E-state index contributed by atoms with van der Waals surface area (Å²) in [5, 5.41) is 118. The monoisotopic (exact) mass is 1180 g/mol. The number of aliphatic hydroxyl groups excluding tert-OH is 8. The second kappa shape index (κ2) is 27.2. The summed E-state index contributed by atoms with van der Waals surface area (Å²) in [6.07, 6.45) is -20.4. The number of benzene rings is 3. The Morgan fingerprint density at radius 1 is 0.655 bits per heavy atom. The molecule has 0 amide bonds. The molecule has 5 heterocycles. The number of nitrogens with zero attached hydrogens (tertiary/aromatic N) is 6. The summed E-state index contributed by atoms with van der Waals surface area (Å²) in [4.78, 5) is 27.3. The first-order valence-electron chi connectivity index (χ1n) is 28.2. The van der Waals surface area contributed by atoms with Crippen molar-refractivity contribution in [2.24, 2.45) is 11.8 Å². The number of carbonyl (C=O) groups is 2. The molecule has 0 bridgehead atoms. The lowest BCUT2D eigenvalue weighted by molar-refractivity contribution is -0.350. The Morgan fingerprint density at radius 2 is 1.29 bits per heavy atom. The molecule has 5 aliphatic rings. The van der Waals surface area contributed by atoms with Crippen LogP contribution in [0.5, 0.6) is 0 Å². The molecule has 2 aliphatic carbocycles. The largest absolute Gasteiger partial charge is 0.479 e. The highest BCUT2D eigenvalue weighted by Crippen LogP contribution is 2.43. The van der Waals surface area contributed by atoms with Gasteiger partial charge in [0, 0.05) is 11.1 Å². The summed E-state index contributed by atoms with van der Waals surface area (Å²) in [7, 11) is 0. The van der Waals surface area contributed by atoms with Gasteiger partial charge in [-0.15, -0.1) is 10.2 Å². The van der Waals surface area contributed by atoms with Crippen LogP contribution in [0.25, 0.3) is 22.5 Å². The minimum atomic E-state index is -1.88. The molecule has 0 radical (unpaired) electrons. The maximum atomic E-state index is 14.7. The van der Waals surface area contributed by atoms with Crippen LogP contribution in [-0.2, 0) is 42.7 Å². The van der Waals surface area contributed by atoms with Gasteiger partial charge < -0.3 is 83.9 Å². The quantitative estimate of drug-likeness (QED) is 0.0502. The van der Waals surface area contributed by atoms with Crippen LogP contribution in [0.15, 0.2) is 91.3 Å². The third-order valence-electron chi connectivity index (χ3n) is 16.5. The van der Waals surface area contributed by atoms with Crippen molar-refractivity contribution >= 4 is 11.9 Å². The molecule has 9 N–H and O–H groups in total. The van der Waals surface area contributed by atoms with Gasteiger partial charge in [0.15, 0.2) is 31.1 Å². The molecule has 3 saturated heterocycles. The predicted octanol–water partition coefficient (Wildman–Crippen LogP) is 1.84. The Balaban J connectivity index is 1.02. The lowest BCUT2D eigenvalue weighted by Crippen LogP contribution is -2.64. The number of carboxylic acids is 1. The average molecular weight is 1180 g/mol. The smallest absolute Gasteiger partial charge is 0.338 e. The molecule has 0 spiro atoms. The number of aliphatic carboxylic acids is 1. The Morgan fingerprint density at radius 3 is 1.93 bits per heavy atom. The summed E-state index contributed by atoms with van der Waals surface area (Å²) in [5.41, 5.74) is 1.12. The number of ether oxygens (including phenoxy) is 8. The van der Waals surface area contributed by atoms with Gasteiger partial charge in [-0.2, -0.15) is 0 Å². The Bertz CT molecular complexity index is 2960. The molecule has 2 saturated carbocycles. The zero-order valence-electron chi connectivity index (χ0n) is 45.6. The molecule has 5 aromatic rings. The molecule has 3 aliphatic heterocycles. The molecule has 20 atom stereocenters. The third kappa shape index (κ3) is 13.7. The fourth-order valence-electron chi connectivity index (χ4n) is 11.9. The maximum absolute atomic E-state index is 14.7. The fourth-order valence-corrected chi connectivity index (χ4v) is 11.9. The first kappa shape index (κ1) is 61.2. The second-order valence-electron chi connectivity index (χ2n) is 22.2. The van der Waals surface area contributed by atoms with Gasteiger partial charge in [-0.3, -0.25) is 0 Å². The summed E-state index contributed by atoms with van der Waals surface area (Å²) < 4.78 is 82.2. The third-order valence-corrected chi connectivity index (χ3v) is 16.5. The highest BCUT2D eigenvalue weighted by atomic mass is 19.1. The van der Waals surface area contributed by atoms with E-state index < -0.39 is 159 Å². The van der Waals surface area contributed by atoms with E-state index in [1.807, 2.05) is 0 Å². The summed E-state index contributed by atoms with van der Waals surface area (Å²) in [5.74, 6) is -4.23. The molecular weight excluding hydrogens is 1110 g/mol. The second-order valence-corrected chi connectivity index (χ2v) is 22.2. The van der Waals surface area contributed by atoms with Crippen molar-refractivity contribution in [3.63, 3.8) is 0 Å². The van der Waals surface area contributed by atoms with Crippen LogP contribution in [0.1, 0.15) is 80.7 Å². The lowest BCUT2D eigenvalue weighted by atomic mass is 9.81. The number of aromatic nitrogens is 6. The summed E-state index contributed by atoms with van der Waals surface area (Å²) >= 11 is 0. The first-order chi connectivity index (χ1) is 40.5. The molecule has 2 aromatic heterocycles. The number of rotatable bonds is 20. The van der Waals surface area contributed by atoms with Crippen LogP contribution in [-0.4, -0.2) is 212 Å². The standard InChI is InChI=1S/C57H70F2N6O19/c1-28-44(68)48(72)49(73)56(78-28)84-50-38(64-23-36(60-62-64)32-14-8-16-34(58)21-32)18-30(27-77-55-47(71)43(45(69)41(25-66)81-55)65-24-37(61-63-65)33-15-9-17-35(59)22-33)20-39(50)80-57-52(83-54(76)31-12-6-3-7-13-31)51(46(70)42(26-67)82-57)79-40(53(74)75)19-29-10-4-2-5-11-29/h3,6-9,12-17,21-24,28-30,38-52,55-57,66-73H,2,4-5,10-11,18-20,25-27H2,1H3,(H,74,75)/t28?,30?,38?,39-,40+,41?,42?,43?,44-,45-,46+,47?,48?,49?,50?,51?,52?,55+,56+,57-/m1/s1. The van der Waals surface area contributed by atoms with Crippen LogP contribution in [0.4, 0.5) is 8.78 Å². The van der Waals surface area contributed by atoms with Crippen molar-refractivity contribution in [3.8, 4) is 22.5 Å². The number of hydrogen-bond acceptors (Lipinski definition) is 22. The van der Waals surface area contributed by atoms with Crippen molar-refractivity contribution in [2.75, 3.05) is 19.8 Å². The molecule has 10 rings (SSSR count). The van der Waals surface area contributed by atoms with E-state index in [-0.39, 0.29) is 48.7 Å². The normalized spacial score (nSPS) is 34.4. The molecule has 12 unspecified atom stereocenters. The highest BCUT2D eigenvalue weighted by Gasteiger charge is 2.55. The van der Waals surface area contributed by atoms with Gasteiger partial charge in [0.1, 0.15) is 90.1 Å². The number of hydrogen-bond donors (Lipinski definition) is 9. The van der Waals surface area contributed by atoms with E-state index >= 15 is 0 Å². The van der Waals surface area contributed by atoms with Crippen LogP contribution < -0.4 is 0 Å². The van der Waals surface area contributed by atoms with Gasteiger partial charge >= 0.3 is 11.9 Å². The number of halogens is 2. The fraction of sp³-hybridized carbons (Fsp3) is 0.579. The van der Waals surface area contributed by atoms with Crippen LogP contribution >= 0.6 is 0 Å². The molecular formula is C57H70F2N6O19. The van der Waals surface area contributed by atoms with E-state index in [2.05, 4.69) is 20.6 Å². The van der Waals surface area contributed by atoms with E-state index in [1.165, 1.54) is 72.5 Å². The van der Waals surface area contributed by atoms with E-state index in [1.54, 1.807) is 30.3 Å². The van der Waals surface area contributed by atoms with Gasteiger partial charge in [0.25, 0.3) is 0 Å². The minimum Gasteiger partial charge on any atom is -0.479 e. The van der Waals surface area contributed by atoms with Gasteiger partial charge in [-0.25, -0.2) is 27.7 Å². The summed E-state index contributed by atoms with van der Waals surface area (Å²) in [6, 6.07) is 16.4. The molecule has 27 heteroatoms. The maximum Gasteiger partial charge on any atom is 0.338 e. The number of carboxylic acid groups (broad SMARTS) is 1. The summed E-state index contributed by atoms with van der Waals surface area (Å²) in [6.45, 7) is -0.495. The minimum absolute atomic E-state index is 0.00150. The number of carbonyl (C=O) groups excluding carboxylic acids is 1. The number of aliphatic hydroxyl groups is 8. The zero-order valence-corrected chi connectivity index (χ0v) is 45.6. The Hall–Kier alpha value is -5.86. The van der Waals surface area contributed by atoms with Gasteiger partial charge in [-0.05, 0) is 74.4 Å². The molecule has 3 aromatic carbocycles. The van der Waals surface area contributed by atoms with E-state index in [0.717, 1.165) is 36.8 Å². The molecule has 84 heavy (non-hydrogen) atoms. The van der Waals surface area contributed by atoms with Crippen LogP contribution in [0.2, 0.25) is 0 Å². The molecule has 5 fully saturated rings. The van der Waals surface area contributed by atoms with E-state index in [0.29, 0.717) is 11.1 Å². The predicted molar refractivity (Wildman–Crippen MR) is 282 cm³/mol.